The SMILES string of the molecule is NC(=O)CC=Cc1nc(Br)ccc1O. The second kappa shape index (κ2) is 4.76. The lowest BCUT2D eigenvalue weighted by Crippen LogP contribution is -2.07. The molecular formula is C9H9BrN2O2. The van der Waals surface area contributed by atoms with Gasteiger partial charge in [0.05, 0.1) is 0 Å². The molecular weight excluding hydrogens is 248 g/mol. The number of nitrogens with zero attached hydrogens (tertiary/aromatic N) is 1. The van der Waals surface area contributed by atoms with E-state index in [0.717, 1.165) is 0 Å². The molecule has 0 radical (unpaired) electrons. The van der Waals surface area contributed by atoms with Crippen molar-refractivity contribution in [3.63, 3.8) is 0 Å². The summed E-state index contributed by atoms with van der Waals surface area (Å²) in [5, 5.41) is 9.35. The van der Waals surface area contributed by atoms with Crippen LogP contribution in [-0.2, 0) is 4.79 Å². The van der Waals surface area contributed by atoms with Crippen molar-refractivity contribution in [2.45, 2.75) is 6.42 Å². The number of pyridine rings is 1. The number of aromatic nitrogens is 1. The van der Waals surface area contributed by atoms with Gasteiger partial charge in [0, 0.05) is 6.42 Å². The number of amides is 1. The van der Waals surface area contributed by atoms with Crippen LogP contribution in [0.25, 0.3) is 6.08 Å². The standard InChI is InChI=1S/C9H9BrN2O2/c10-8-5-4-7(13)6(12-8)2-1-3-9(11)14/h1-2,4-5,13H,3H2,(H2,11,14). The lowest BCUT2D eigenvalue weighted by atomic mass is 10.2. The van der Waals surface area contributed by atoms with Gasteiger partial charge in [-0.3, -0.25) is 4.79 Å². The molecule has 4 nitrogen and oxygen atoms in total. The minimum Gasteiger partial charge on any atom is -0.506 e. The molecule has 0 atom stereocenters. The summed E-state index contributed by atoms with van der Waals surface area (Å²) in [4.78, 5) is 14.4. The van der Waals surface area contributed by atoms with Gasteiger partial charge in [-0.25, -0.2) is 4.98 Å². The van der Waals surface area contributed by atoms with Crippen molar-refractivity contribution in [3.8, 4) is 5.75 Å². The Bertz CT molecular complexity index is 377. The average Bonchev–Trinajstić information content (AvgIpc) is 2.10. The number of hydrogen-bond donors (Lipinski definition) is 2. The van der Waals surface area contributed by atoms with Crippen LogP contribution in [0.5, 0.6) is 5.75 Å². The molecule has 0 aliphatic carbocycles. The predicted octanol–water partition coefficient (Wildman–Crippen LogP) is 1.44. The molecule has 74 valence electrons. The third-order valence-corrected chi connectivity index (χ3v) is 1.90. The Morgan fingerprint density at radius 1 is 1.64 bits per heavy atom. The summed E-state index contributed by atoms with van der Waals surface area (Å²) in [6.45, 7) is 0. The van der Waals surface area contributed by atoms with Gasteiger partial charge in [0.25, 0.3) is 0 Å². The van der Waals surface area contributed by atoms with E-state index in [-0.39, 0.29) is 12.2 Å². The molecule has 1 heterocycles. The lowest BCUT2D eigenvalue weighted by molar-refractivity contribution is -0.117. The number of nitrogens with two attached hydrogens (primary N) is 1. The Hall–Kier alpha value is -1.36. The van der Waals surface area contributed by atoms with Crippen molar-refractivity contribution in [1.82, 2.24) is 4.98 Å². The summed E-state index contributed by atoms with van der Waals surface area (Å²) < 4.78 is 0.619. The van der Waals surface area contributed by atoms with Gasteiger partial charge in [-0.05, 0) is 34.1 Å². The molecule has 0 spiro atoms. The normalized spacial score (nSPS) is 10.6. The van der Waals surface area contributed by atoms with Gasteiger partial charge < -0.3 is 10.8 Å². The van der Waals surface area contributed by atoms with E-state index in [4.69, 9.17) is 5.73 Å². The summed E-state index contributed by atoms with van der Waals surface area (Å²) in [6, 6.07) is 3.14. The molecule has 0 saturated heterocycles. The first-order valence-electron chi connectivity index (χ1n) is 3.90. The van der Waals surface area contributed by atoms with Crippen LogP contribution >= 0.6 is 15.9 Å². The summed E-state index contributed by atoms with van der Waals surface area (Å²) in [5.74, 6) is -0.357. The lowest BCUT2D eigenvalue weighted by Gasteiger charge is -1.97. The molecule has 0 aromatic carbocycles. The number of hydrogen-bond acceptors (Lipinski definition) is 3. The van der Waals surface area contributed by atoms with Crippen LogP contribution in [0.1, 0.15) is 12.1 Å². The smallest absolute Gasteiger partial charge is 0.221 e. The molecule has 1 rings (SSSR count). The fourth-order valence-electron chi connectivity index (χ4n) is 0.852. The quantitative estimate of drug-likeness (QED) is 0.804. The largest absolute Gasteiger partial charge is 0.506 e. The third kappa shape index (κ3) is 3.18. The van der Waals surface area contributed by atoms with Gasteiger partial charge in [0.1, 0.15) is 16.0 Å². The number of carbonyl (C=O) groups excluding carboxylic acids is 1. The van der Waals surface area contributed by atoms with Gasteiger partial charge in [-0.15, -0.1) is 0 Å². The minimum absolute atomic E-state index is 0.0638. The molecule has 0 unspecified atom stereocenters. The summed E-state index contributed by atoms with van der Waals surface area (Å²) in [7, 11) is 0. The molecule has 0 aliphatic heterocycles. The minimum atomic E-state index is -0.421. The van der Waals surface area contributed by atoms with Crippen LogP contribution < -0.4 is 5.73 Å². The topological polar surface area (TPSA) is 76.2 Å². The molecule has 0 fully saturated rings. The number of primary amides is 1. The molecule has 14 heavy (non-hydrogen) atoms. The highest BCUT2D eigenvalue weighted by Crippen LogP contribution is 2.19. The van der Waals surface area contributed by atoms with E-state index in [2.05, 4.69) is 20.9 Å². The predicted molar refractivity (Wildman–Crippen MR) is 56.4 cm³/mol. The third-order valence-electron chi connectivity index (χ3n) is 1.46. The van der Waals surface area contributed by atoms with Crippen molar-refractivity contribution in [1.29, 1.82) is 0 Å². The zero-order valence-electron chi connectivity index (χ0n) is 7.27. The van der Waals surface area contributed by atoms with E-state index in [1.54, 1.807) is 18.2 Å². The first-order valence-corrected chi connectivity index (χ1v) is 4.69. The molecule has 0 bridgehead atoms. The van der Waals surface area contributed by atoms with E-state index in [1.807, 2.05) is 0 Å². The van der Waals surface area contributed by atoms with E-state index in [9.17, 15) is 9.90 Å². The Morgan fingerprint density at radius 3 is 3.00 bits per heavy atom. The number of halogens is 1. The van der Waals surface area contributed by atoms with Crippen molar-refractivity contribution < 1.29 is 9.90 Å². The zero-order valence-corrected chi connectivity index (χ0v) is 8.86. The number of aromatic hydroxyl groups is 1. The molecule has 0 aliphatic rings. The Labute approximate surface area is 89.6 Å². The van der Waals surface area contributed by atoms with Crippen molar-refractivity contribution >= 4 is 27.9 Å². The molecule has 1 aromatic rings. The highest BCUT2D eigenvalue weighted by molar-refractivity contribution is 9.10. The van der Waals surface area contributed by atoms with Crippen LogP contribution in [0.15, 0.2) is 22.8 Å². The average molecular weight is 257 g/mol. The number of carbonyl (C=O) groups is 1. The maximum Gasteiger partial charge on any atom is 0.221 e. The maximum atomic E-state index is 10.4. The van der Waals surface area contributed by atoms with Crippen LogP contribution in [0, 0.1) is 0 Å². The first-order chi connectivity index (χ1) is 6.59. The Kier molecular flexibility index (Phi) is 3.64. The summed E-state index contributed by atoms with van der Waals surface area (Å²) in [5.41, 5.74) is 5.35. The van der Waals surface area contributed by atoms with Crippen molar-refractivity contribution in [2.24, 2.45) is 5.73 Å². The highest BCUT2D eigenvalue weighted by atomic mass is 79.9. The van der Waals surface area contributed by atoms with Crippen LogP contribution in [0.2, 0.25) is 0 Å². The fraction of sp³-hybridized carbons (Fsp3) is 0.111. The van der Waals surface area contributed by atoms with Crippen LogP contribution in [-0.4, -0.2) is 16.0 Å². The van der Waals surface area contributed by atoms with Gasteiger partial charge in [0.2, 0.25) is 5.91 Å². The fourth-order valence-corrected chi connectivity index (χ4v) is 1.18. The van der Waals surface area contributed by atoms with Crippen LogP contribution in [0.4, 0.5) is 0 Å². The second-order valence-corrected chi connectivity index (χ2v) is 3.42. The van der Waals surface area contributed by atoms with Crippen molar-refractivity contribution in [3.05, 3.63) is 28.5 Å². The maximum absolute atomic E-state index is 10.4. The zero-order chi connectivity index (χ0) is 10.6. The summed E-state index contributed by atoms with van der Waals surface area (Å²) in [6.07, 6.45) is 3.23. The first kappa shape index (κ1) is 10.7. The molecule has 1 aromatic heterocycles. The Morgan fingerprint density at radius 2 is 2.36 bits per heavy atom. The van der Waals surface area contributed by atoms with E-state index < -0.39 is 5.91 Å². The van der Waals surface area contributed by atoms with E-state index in [0.29, 0.717) is 10.3 Å². The van der Waals surface area contributed by atoms with Gasteiger partial charge in [0.15, 0.2) is 0 Å². The highest BCUT2D eigenvalue weighted by Gasteiger charge is 1.99. The molecule has 5 heteroatoms. The Balaban J connectivity index is 2.80. The summed E-state index contributed by atoms with van der Waals surface area (Å²) >= 11 is 3.17. The molecule has 0 saturated carbocycles. The second-order valence-electron chi connectivity index (χ2n) is 2.61. The molecule has 3 N–H and O–H groups in total. The van der Waals surface area contributed by atoms with E-state index in [1.165, 1.54) is 6.07 Å². The van der Waals surface area contributed by atoms with Gasteiger partial charge >= 0.3 is 0 Å². The van der Waals surface area contributed by atoms with Crippen LogP contribution in [0.3, 0.4) is 0 Å². The van der Waals surface area contributed by atoms with Gasteiger partial charge in [-0.1, -0.05) is 6.08 Å². The number of rotatable bonds is 3. The van der Waals surface area contributed by atoms with E-state index >= 15 is 0 Å². The van der Waals surface area contributed by atoms with Gasteiger partial charge in [-0.2, -0.15) is 0 Å². The monoisotopic (exact) mass is 256 g/mol. The van der Waals surface area contributed by atoms with Crippen molar-refractivity contribution in [2.75, 3.05) is 0 Å². The molecule has 1 amide bonds.